The Morgan fingerprint density at radius 2 is 1.96 bits per heavy atom. The molecule has 3 rings (SSSR count). The number of carbonyl (C=O) groups excluding carboxylic acids is 1. The average molecular weight is 309 g/mol. The van der Waals surface area contributed by atoms with Gasteiger partial charge in [0.2, 0.25) is 5.91 Å². The molecule has 0 bridgehead atoms. The molecule has 0 saturated carbocycles. The Morgan fingerprint density at radius 3 is 2.78 bits per heavy atom. The lowest BCUT2D eigenvalue weighted by molar-refractivity contribution is -0.116. The highest BCUT2D eigenvalue weighted by Gasteiger charge is 2.11. The summed E-state index contributed by atoms with van der Waals surface area (Å²) in [5.74, 6) is -0.0122. The number of anilines is 2. The molecule has 6 heteroatoms. The molecule has 0 spiro atoms. The van der Waals surface area contributed by atoms with Crippen LogP contribution in [0.1, 0.15) is 18.9 Å². The molecule has 118 valence electrons. The minimum Gasteiger partial charge on any atom is -0.382 e. The van der Waals surface area contributed by atoms with E-state index in [1.165, 1.54) is 0 Å². The molecule has 1 aromatic heterocycles. The number of amides is 1. The van der Waals surface area contributed by atoms with Crippen molar-refractivity contribution in [3.8, 4) is 0 Å². The molecule has 0 aliphatic rings. The van der Waals surface area contributed by atoms with E-state index < -0.39 is 0 Å². The number of H-pyrrole nitrogens is 1. The van der Waals surface area contributed by atoms with Crippen LogP contribution in [0.5, 0.6) is 0 Å². The van der Waals surface area contributed by atoms with E-state index >= 15 is 0 Å². The first-order chi connectivity index (χ1) is 11.1. The first kappa shape index (κ1) is 15.0. The van der Waals surface area contributed by atoms with Crippen molar-refractivity contribution in [1.82, 2.24) is 15.4 Å². The van der Waals surface area contributed by atoms with E-state index in [9.17, 15) is 4.79 Å². The number of rotatable bonds is 5. The molecule has 1 atom stereocenters. The topological polar surface area (TPSA) is 82.7 Å². The fourth-order valence-electron chi connectivity index (χ4n) is 2.46. The molecule has 0 fully saturated rings. The molecule has 6 nitrogen and oxygen atoms in total. The van der Waals surface area contributed by atoms with E-state index in [0.717, 1.165) is 28.0 Å². The molecule has 23 heavy (non-hydrogen) atoms. The molecule has 2 aromatic carbocycles. The molecule has 3 aromatic rings. The van der Waals surface area contributed by atoms with Crippen molar-refractivity contribution in [3.05, 3.63) is 48.0 Å². The van der Waals surface area contributed by atoms with Gasteiger partial charge < -0.3 is 10.6 Å². The molecule has 0 aliphatic carbocycles. The van der Waals surface area contributed by atoms with Gasteiger partial charge >= 0.3 is 0 Å². The van der Waals surface area contributed by atoms with E-state index in [-0.39, 0.29) is 11.9 Å². The molecule has 3 N–H and O–H groups in total. The predicted molar refractivity (Wildman–Crippen MR) is 91.4 cm³/mol. The van der Waals surface area contributed by atoms with Crippen LogP contribution in [-0.4, -0.2) is 27.4 Å². The molecule has 0 saturated heterocycles. The zero-order valence-electron chi connectivity index (χ0n) is 13.1. The number of carbonyl (C=O) groups is 1. The third-order valence-electron chi connectivity index (χ3n) is 3.64. The first-order valence-electron chi connectivity index (χ1n) is 7.54. The van der Waals surface area contributed by atoms with Crippen LogP contribution in [0.2, 0.25) is 0 Å². The summed E-state index contributed by atoms with van der Waals surface area (Å²) < 4.78 is 0. The van der Waals surface area contributed by atoms with Crippen LogP contribution in [0.3, 0.4) is 0 Å². The SMILES string of the molecule is Cc1ccccc1NC(=O)C[C@@H](C)Nc1ccc2n[nH]nc2c1. The number of hydrogen-bond acceptors (Lipinski definition) is 4. The van der Waals surface area contributed by atoms with Gasteiger partial charge in [-0.05, 0) is 43.7 Å². The number of aromatic amines is 1. The maximum absolute atomic E-state index is 12.2. The van der Waals surface area contributed by atoms with E-state index in [1.807, 2.05) is 56.3 Å². The van der Waals surface area contributed by atoms with Gasteiger partial charge in [0.15, 0.2) is 0 Å². The van der Waals surface area contributed by atoms with Gasteiger partial charge in [-0.25, -0.2) is 0 Å². The minimum absolute atomic E-state index is 0.00312. The second-order valence-corrected chi connectivity index (χ2v) is 5.64. The zero-order chi connectivity index (χ0) is 16.2. The fourth-order valence-corrected chi connectivity index (χ4v) is 2.46. The van der Waals surface area contributed by atoms with Crippen LogP contribution < -0.4 is 10.6 Å². The van der Waals surface area contributed by atoms with Gasteiger partial charge in [0.05, 0.1) is 0 Å². The first-order valence-corrected chi connectivity index (χ1v) is 7.54. The molecular formula is C17H19N5O. The third-order valence-corrected chi connectivity index (χ3v) is 3.64. The van der Waals surface area contributed by atoms with Gasteiger partial charge in [0.25, 0.3) is 0 Å². The third kappa shape index (κ3) is 3.66. The lowest BCUT2D eigenvalue weighted by Crippen LogP contribution is -2.24. The number of nitrogens with zero attached hydrogens (tertiary/aromatic N) is 2. The standard InChI is InChI=1S/C17H19N5O/c1-11-5-3-4-6-14(11)19-17(23)9-12(2)18-13-7-8-15-16(10-13)21-22-20-15/h3-8,10,12,18H,9H2,1-2H3,(H,19,23)(H,20,21,22)/t12-/m1/s1. The molecule has 1 amide bonds. The summed E-state index contributed by atoms with van der Waals surface area (Å²) in [7, 11) is 0. The number of nitrogens with one attached hydrogen (secondary N) is 3. The van der Waals surface area contributed by atoms with Crippen LogP contribution in [0, 0.1) is 6.92 Å². The van der Waals surface area contributed by atoms with Crippen LogP contribution in [0.4, 0.5) is 11.4 Å². The van der Waals surface area contributed by atoms with Crippen molar-refractivity contribution in [2.24, 2.45) is 0 Å². The Labute approximate surface area is 134 Å². The second kappa shape index (κ2) is 6.48. The summed E-state index contributed by atoms with van der Waals surface area (Å²) in [5, 5.41) is 16.9. The van der Waals surface area contributed by atoms with Crippen molar-refractivity contribution in [2.75, 3.05) is 10.6 Å². The van der Waals surface area contributed by atoms with Crippen molar-refractivity contribution in [2.45, 2.75) is 26.3 Å². The van der Waals surface area contributed by atoms with E-state index in [2.05, 4.69) is 26.0 Å². The molecular weight excluding hydrogens is 290 g/mol. The Balaban J connectivity index is 1.59. The van der Waals surface area contributed by atoms with Crippen molar-refractivity contribution in [3.63, 3.8) is 0 Å². The Morgan fingerprint density at radius 1 is 1.17 bits per heavy atom. The van der Waals surface area contributed by atoms with Crippen molar-refractivity contribution >= 4 is 28.3 Å². The smallest absolute Gasteiger partial charge is 0.226 e. The van der Waals surface area contributed by atoms with Crippen LogP contribution in [0.15, 0.2) is 42.5 Å². The summed E-state index contributed by atoms with van der Waals surface area (Å²) in [6.07, 6.45) is 0.380. The minimum atomic E-state index is -0.0122. The van der Waals surface area contributed by atoms with E-state index in [0.29, 0.717) is 6.42 Å². The molecule has 1 heterocycles. The van der Waals surface area contributed by atoms with Gasteiger partial charge in [-0.2, -0.15) is 15.4 Å². The normalized spacial score (nSPS) is 12.1. The number of hydrogen-bond donors (Lipinski definition) is 3. The zero-order valence-corrected chi connectivity index (χ0v) is 13.1. The second-order valence-electron chi connectivity index (χ2n) is 5.64. The Kier molecular flexibility index (Phi) is 4.23. The predicted octanol–water partition coefficient (Wildman–Crippen LogP) is 3.10. The number of aromatic nitrogens is 3. The number of para-hydroxylation sites is 1. The van der Waals surface area contributed by atoms with E-state index in [4.69, 9.17) is 0 Å². The molecule has 0 aliphatic heterocycles. The largest absolute Gasteiger partial charge is 0.382 e. The van der Waals surface area contributed by atoms with Gasteiger partial charge in [-0.15, -0.1) is 0 Å². The summed E-state index contributed by atoms with van der Waals surface area (Å²) in [6, 6.07) is 13.5. The maximum atomic E-state index is 12.2. The van der Waals surface area contributed by atoms with Gasteiger partial charge in [0, 0.05) is 23.8 Å². The molecule has 0 unspecified atom stereocenters. The quantitative estimate of drug-likeness (QED) is 0.676. The van der Waals surface area contributed by atoms with Crippen molar-refractivity contribution in [1.29, 1.82) is 0 Å². The van der Waals surface area contributed by atoms with Crippen molar-refractivity contribution < 1.29 is 4.79 Å². The Hall–Kier alpha value is -2.89. The van der Waals surface area contributed by atoms with Crippen LogP contribution >= 0.6 is 0 Å². The van der Waals surface area contributed by atoms with Crippen LogP contribution in [-0.2, 0) is 4.79 Å². The summed E-state index contributed by atoms with van der Waals surface area (Å²) in [4.78, 5) is 12.2. The van der Waals surface area contributed by atoms with Gasteiger partial charge in [0.1, 0.15) is 11.0 Å². The lowest BCUT2D eigenvalue weighted by Gasteiger charge is -2.15. The summed E-state index contributed by atoms with van der Waals surface area (Å²) in [5.41, 5.74) is 4.45. The summed E-state index contributed by atoms with van der Waals surface area (Å²) in [6.45, 7) is 3.95. The van der Waals surface area contributed by atoms with Gasteiger partial charge in [-0.3, -0.25) is 4.79 Å². The number of fused-ring (bicyclic) bond motifs is 1. The van der Waals surface area contributed by atoms with E-state index in [1.54, 1.807) is 0 Å². The maximum Gasteiger partial charge on any atom is 0.226 e. The molecule has 0 radical (unpaired) electrons. The number of aryl methyl sites for hydroxylation is 1. The number of benzene rings is 2. The monoisotopic (exact) mass is 309 g/mol. The van der Waals surface area contributed by atoms with Crippen LogP contribution in [0.25, 0.3) is 11.0 Å². The lowest BCUT2D eigenvalue weighted by atomic mass is 10.1. The summed E-state index contributed by atoms with van der Waals surface area (Å²) >= 11 is 0. The highest BCUT2D eigenvalue weighted by molar-refractivity contribution is 5.92. The Bertz CT molecular complexity index is 826. The van der Waals surface area contributed by atoms with Gasteiger partial charge in [-0.1, -0.05) is 18.2 Å². The average Bonchev–Trinajstić information content (AvgIpc) is 2.97. The highest BCUT2D eigenvalue weighted by atomic mass is 16.1. The fraction of sp³-hybridized carbons (Fsp3) is 0.235. The highest BCUT2D eigenvalue weighted by Crippen LogP contribution is 2.17.